The van der Waals surface area contributed by atoms with Crippen LogP contribution in [0, 0.1) is 5.82 Å². The minimum atomic E-state index is -0.265. The van der Waals surface area contributed by atoms with Crippen LogP contribution in [-0.4, -0.2) is 23.9 Å². The minimum Gasteiger partial charge on any atom is -0.370 e. The zero-order valence-corrected chi connectivity index (χ0v) is 14.0. The lowest BCUT2D eigenvalue weighted by atomic mass is 10.2. The summed E-state index contributed by atoms with van der Waals surface area (Å²) in [5, 5.41) is 0. The van der Waals surface area contributed by atoms with E-state index in [1.54, 1.807) is 0 Å². The second kappa shape index (κ2) is 6.70. The Morgan fingerprint density at radius 1 is 1.50 bits per heavy atom. The van der Waals surface area contributed by atoms with Crippen LogP contribution in [0.2, 0.25) is 0 Å². The van der Waals surface area contributed by atoms with Crippen LogP contribution in [0.5, 0.6) is 0 Å². The van der Waals surface area contributed by atoms with E-state index in [2.05, 4.69) is 20.9 Å². The number of aliphatic imine (C=N–C) groups is 1. The fourth-order valence-corrected chi connectivity index (χ4v) is 2.15. The molecule has 0 saturated heterocycles. The summed E-state index contributed by atoms with van der Waals surface area (Å²) in [6.07, 6.45) is 2.36. The lowest BCUT2D eigenvalue weighted by Gasteiger charge is -2.16. The standard InChI is InChI=1S/C12H15BrFN3.HI/c1-17(11-2-3-11)12(15)16-7-8-4-9(13)6-10(14)5-8;/h4-6,11H,2-3,7H2,1H3,(H2,15,16);1H. The topological polar surface area (TPSA) is 41.6 Å². The highest BCUT2D eigenvalue weighted by atomic mass is 127. The summed E-state index contributed by atoms with van der Waals surface area (Å²) in [5.41, 5.74) is 6.66. The second-order valence-corrected chi connectivity index (χ2v) is 5.21. The van der Waals surface area contributed by atoms with Gasteiger partial charge in [-0.2, -0.15) is 0 Å². The summed E-state index contributed by atoms with van der Waals surface area (Å²) >= 11 is 3.25. The predicted octanol–water partition coefficient (Wildman–Crippen LogP) is 3.12. The summed E-state index contributed by atoms with van der Waals surface area (Å²) in [6, 6.07) is 5.28. The van der Waals surface area contributed by atoms with Gasteiger partial charge >= 0.3 is 0 Å². The highest BCUT2D eigenvalue weighted by molar-refractivity contribution is 14.0. The van der Waals surface area contributed by atoms with E-state index in [1.807, 2.05) is 18.0 Å². The van der Waals surface area contributed by atoms with E-state index >= 15 is 0 Å². The van der Waals surface area contributed by atoms with Gasteiger partial charge in [-0.1, -0.05) is 15.9 Å². The molecular formula is C12H16BrFIN3. The van der Waals surface area contributed by atoms with Crippen LogP contribution >= 0.6 is 39.9 Å². The minimum absolute atomic E-state index is 0. The van der Waals surface area contributed by atoms with Crippen molar-refractivity contribution in [2.24, 2.45) is 10.7 Å². The summed E-state index contributed by atoms with van der Waals surface area (Å²) in [5.74, 6) is 0.256. The van der Waals surface area contributed by atoms with E-state index in [-0.39, 0.29) is 29.8 Å². The molecule has 1 aromatic rings. The molecule has 0 bridgehead atoms. The lowest BCUT2D eigenvalue weighted by molar-refractivity contribution is 0.487. The third kappa shape index (κ3) is 4.38. The molecule has 6 heteroatoms. The first-order valence-electron chi connectivity index (χ1n) is 5.54. The zero-order chi connectivity index (χ0) is 12.4. The SMILES string of the molecule is CN(C(N)=NCc1cc(F)cc(Br)c1)C1CC1.I. The van der Waals surface area contributed by atoms with Gasteiger partial charge in [0.05, 0.1) is 6.54 Å². The molecule has 0 aliphatic heterocycles. The molecule has 0 atom stereocenters. The normalized spacial score (nSPS) is 15.2. The van der Waals surface area contributed by atoms with Gasteiger partial charge < -0.3 is 10.6 Å². The number of guanidine groups is 1. The number of rotatable bonds is 3. The molecule has 0 aromatic heterocycles. The number of nitrogens with zero attached hydrogens (tertiary/aromatic N) is 2. The van der Waals surface area contributed by atoms with Gasteiger partial charge in [0.1, 0.15) is 5.82 Å². The first-order valence-corrected chi connectivity index (χ1v) is 6.33. The molecule has 2 N–H and O–H groups in total. The Labute approximate surface area is 132 Å². The van der Waals surface area contributed by atoms with Crippen LogP contribution in [0.15, 0.2) is 27.7 Å². The van der Waals surface area contributed by atoms with Gasteiger partial charge in [-0.05, 0) is 36.6 Å². The van der Waals surface area contributed by atoms with Crippen molar-refractivity contribution >= 4 is 45.9 Å². The van der Waals surface area contributed by atoms with Crippen molar-refractivity contribution in [2.75, 3.05) is 7.05 Å². The maximum atomic E-state index is 13.1. The van der Waals surface area contributed by atoms with Crippen LogP contribution in [0.25, 0.3) is 0 Å². The van der Waals surface area contributed by atoms with Crippen LogP contribution in [0.4, 0.5) is 4.39 Å². The number of benzene rings is 1. The van der Waals surface area contributed by atoms with E-state index in [1.165, 1.54) is 25.0 Å². The van der Waals surface area contributed by atoms with Crippen LogP contribution in [0.3, 0.4) is 0 Å². The van der Waals surface area contributed by atoms with Gasteiger partial charge in [0, 0.05) is 17.6 Å². The third-order valence-electron chi connectivity index (χ3n) is 2.80. The summed E-state index contributed by atoms with van der Waals surface area (Å²) in [4.78, 5) is 6.25. The molecule has 100 valence electrons. The van der Waals surface area contributed by atoms with Crippen molar-refractivity contribution in [3.8, 4) is 0 Å². The molecule has 1 aliphatic carbocycles. The fourth-order valence-electron chi connectivity index (χ4n) is 1.63. The monoisotopic (exact) mass is 427 g/mol. The molecule has 0 unspecified atom stereocenters. The largest absolute Gasteiger partial charge is 0.370 e. The Hall–Kier alpha value is -0.370. The first kappa shape index (κ1) is 15.7. The number of hydrogen-bond donors (Lipinski definition) is 1. The van der Waals surface area contributed by atoms with Crippen LogP contribution in [0.1, 0.15) is 18.4 Å². The Balaban J connectivity index is 0.00000162. The second-order valence-electron chi connectivity index (χ2n) is 4.29. The summed E-state index contributed by atoms with van der Waals surface area (Å²) in [7, 11) is 1.94. The van der Waals surface area contributed by atoms with Gasteiger partial charge in [-0.3, -0.25) is 0 Å². The van der Waals surface area contributed by atoms with Crippen molar-refractivity contribution in [2.45, 2.75) is 25.4 Å². The molecule has 0 heterocycles. The maximum absolute atomic E-state index is 13.1. The summed E-state index contributed by atoms with van der Waals surface area (Å²) < 4.78 is 13.8. The number of nitrogens with two attached hydrogens (primary N) is 1. The van der Waals surface area contributed by atoms with Crippen molar-refractivity contribution in [1.29, 1.82) is 0 Å². The molecular weight excluding hydrogens is 412 g/mol. The van der Waals surface area contributed by atoms with Gasteiger partial charge in [0.25, 0.3) is 0 Å². The lowest BCUT2D eigenvalue weighted by Crippen LogP contribution is -2.35. The van der Waals surface area contributed by atoms with Crippen LogP contribution in [-0.2, 0) is 6.54 Å². The molecule has 1 saturated carbocycles. The van der Waals surface area contributed by atoms with E-state index < -0.39 is 0 Å². The predicted molar refractivity (Wildman–Crippen MR) is 85.6 cm³/mol. The zero-order valence-electron chi connectivity index (χ0n) is 10.1. The Morgan fingerprint density at radius 2 is 2.17 bits per heavy atom. The third-order valence-corrected chi connectivity index (χ3v) is 3.26. The molecule has 1 aliphatic rings. The first-order chi connectivity index (χ1) is 8.06. The molecule has 0 radical (unpaired) electrons. The van der Waals surface area contributed by atoms with E-state index in [9.17, 15) is 4.39 Å². The van der Waals surface area contributed by atoms with Gasteiger partial charge in [0.2, 0.25) is 0 Å². The molecule has 3 nitrogen and oxygen atoms in total. The van der Waals surface area contributed by atoms with Crippen molar-refractivity contribution in [3.63, 3.8) is 0 Å². The average Bonchev–Trinajstić information content (AvgIpc) is 3.07. The van der Waals surface area contributed by atoms with Gasteiger partial charge in [0.15, 0.2) is 5.96 Å². The van der Waals surface area contributed by atoms with Crippen LogP contribution < -0.4 is 5.73 Å². The molecule has 1 aromatic carbocycles. The average molecular weight is 428 g/mol. The molecule has 0 spiro atoms. The molecule has 0 amide bonds. The fraction of sp³-hybridized carbons (Fsp3) is 0.417. The summed E-state index contributed by atoms with van der Waals surface area (Å²) in [6.45, 7) is 0.402. The highest BCUT2D eigenvalue weighted by Crippen LogP contribution is 2.25. The van der Waals surface area contributed by atoms with Crippen molar-refractivity contribution < 1.29 is 4.39 Å². The molecule has 18 heavy (non-hydrogen) atoms. The maximum Gasteiger partial charge on any atom is 0.191 e. The van der Waals surface area contributed by atoms with Crippen molar-refractivity contribution in [1.82, 2.24) is 4.90 Å². The van der Waals surface area contributed by atoms with E-state index in [0.29, 0.717) is 18.5 Å². The number of hydrogen-bond acceptors (Lipinski definition) is 1. The van der Waals surface area contributed by atoms with Gasteiger partial charge in [-0.15, -0.1) is 24.0 Å². The Kier molecular flexibility index (Phi) is 5.84. The van der Waals surface area contributed by atoms with E-state index in [0.717, 1.165) is 10.0 Å². The van der Waals surface area contributed by atoms with E-state index in [4.69, 9.17) is 5.73 Å². The quantitative estimate of drug-likeness (QED) is 0.457. The van der Waals surface area contributed by atoms with Gasteiger partial charge in [-0.25, -0.2) is 9.38 Å². The molecule has 2 rings (SSSR count). The Bertz CT molecular complexity index is 429. The Morgan fingerprint density at radius 3 is 2.72 bits per heavy atom. The number of halogens is 3. The highest BCUT2D eigenvalue weighted by Gasteiger charge is 2.27. The van der Waals surface area contributed by atoms with Crippen molar-refractivity contribution in [3.05, 3.63) is 34.1 Å². The molecule has 1 fully saturated rings. The smallest absolute Gasteiger partial charge is 0.191 e.